The number of carbonyl (C=O) groups is 1. The van der Waals surface area contributed by atoms with Crippen LogP contribution in [0.1, 0.15) is 21.5 Å². The maximum Gasteiger partial charge on any atom is 0.337 e. The van der Waals surface area contributed by atoms with Gasteiger partial charge in [0.05, 0.1) is 26.0 Å². The molecule has 0 unspecified atom stereocenters. The summed E-state index contributed by atoms with van der Waals surface area (Å²) in [5, 5.41) is 3.82. The number of carbonyl (C=O) groups excluding carboxylic acids is 1. The van der Waals surface area contributed by atoms with Crippen LogP contribution in [0.5, 0.6) is 5.75 Å². The van der Waals surface area contributed by atoms with Crippen LogP contribution >= 0.6 is 0 Å². The lowest BCUT2D eigenvalue weighted by Gasteiger charge is -2.07. The van der Waals surface area contributed by atoms with Crippen LogP contribution in [0.4, 0.5) is 4.39 Å². The van der Waals surface area contributed by atoms with Crippen LogP contribution in [-0.4, -0.2) is 26.4 Å². The Morgan fingerprint density at radius 2 is 1.91 bits per heavy atom. The predicted octanol–water partition coefficient (Wildman–Crippen LogP) is 3.17. The average molecular weight is 317 g/mol. The number of benzene rings is 2. The van der Waals surface area contributed by atoms with Crippen molar-refractivity contribution in [2.24, 2.45) is 5.16 Å². The number of rotatable bonds is 6. The second-order valence-corrected chi connectivity index (χ2v) is 4.58. The van der Waals surface area contributed by atoms with Gasteiger partial charge in [0, 0.05) is 5.56 Å². The zero-order valence-electron chi connectivity index (χ0n) is 12.8. The maximum atomic E-state index is 13.2. The molecule has 0 saturated heterocycles. The van der Waals surface area contributed by atoms with Crippen molar-refractivity contribution in [3.05, 3.63) is 65.0 Å². The van der Waals surface area contributed by atoms with Crippen LogP contribution in [0, 0.1) is 5.82 Å². The minimum atomic E-state index is -0.400. The Balaban J connectivity index is 1.94. The lowest BCUT2D eigenvalue weighted by Crippen LogP contribution is -2.00. The number of hydrogen-bond donors (Lipinski definition) is 0. The van der Waals surface area contributed by atoms with Gasteiger partial charge in [-0.25, -0.2) is 9.18 Å². The highest BCUT2D eigenvalue weighted by molar-refractivity contribution is 5.90. The molecule has 0 aliphatic heterocycles. The molecule has 23 heavy (non-hydrogen) atoms. The van der Waals surface area contributed by atoms with Crippen molar-refractivity contribution in [3.63, 3.8) is 0 Å². The van der Waals surface area contributed by atoms with Gasteiger partial charge >= 0.3 is 5.97 Å². The summed E-state index contributed by atoms with van der Waals surface area (Å²) in [6.07, 6.45) is 1.49. The molecule has 2 rings (SSSR count). The standard InChI is InChI=1S/C17H16FNO4/c1-21-16-8-7-15(18)9-14(16)11-23-19-10-12-3-5-13(6-4-12)17(20)22-2/h3-10H,11H2,1-2H3/b19-10+. The number of nitrogens with zero attached hydrogens (tertiary/aromatic N) is 1. The second-order valence-electron chi connectivity index (χ2n) is 4.58. The summed E-state index contributed by atoms with van der Waals surface area (Å²) in [6.45, 7) is 0.0810. The number of ether oxygens (including phenoxy) is 2. The normalized spacial score (nSPS) is 10.6. The Bertz CT molecular complexity index is 698. The van der Waals surface area contributed by atoms with E-state index in [9.17, 15) is 9.18 Å². The number of esters is 1. The van der Waals surface area contributed by atoms with Crippen molar-refractivity contribution in [1.29, 1.82) is 0 Å². The van der Waals surface area contributed by atoms with E-state index in [0.29, 0.717) is 16.9 Å². The van der Waals surface area contributed by atoms with E-state index < -0.39 is 5.97 Å². The molecule has 6 heteroatoms. The van der Waals surface area contributed by atoms with E-state index in [0.717, 1.165) is 5.56 Å². The molecular formula is C17H16FNO4. The number of halogens is 1. The predicted molar refractivity (Wildman–Crippen MR) is 83.1 cm³/mol. The van der Waals surface area contributed by atoms with Gasteiger partial charge in [0.25, 0.3) is 0 Å². The molecule has 5 nitrogen and oxygen atoms in total. The van der Waals surface area contributed by atoms with Crippen LogP contribution in [0.15, 0.2) is 47.6 Å². The first-order chi connectivity index (χ1) is 11.1. The van der Waals surface area contributed by atoms with E-state index in [4.69, 9.17) is 9.57 Å². The first-order valence-electron chi connectivity index (χ1n) is 6.80. The molecule has 0 aromatic heterocycles. The third kappa shape index (κ3) is 4.54. The first-order valence-corrected chi connectivity index (χ1v) is 6.80. The Kier molecular flexibility index (Phi) is 5.68. The maximum absolute atomic E-state index is 13.2. The van der Waals surface area contributed by atoms with Crippen molar-refractivity contribution >= 4 is 12.2 Å². The van der Waals surface area contributed by atoms with Gasteiger partial charge in [-0.1, -0.05) is 17.3 Å². The summed E-state index contributed by atoms with van der Waals surface area (Å²) in [5.41, 5.74) is 1.77. The fraction of sp³-hybridized carbons (Fsp3) is 0.176. The van der Waals surface area contributed by atoms with Crippen LogP contribution in [-0.2, 0) is 16.2 Å². The van der Waals surface area contributed by atoms with E-state index in [2.05, 4.69) is 9.89 Å². The summed E-state index contributed by atoms with van der Waals surface area (Å²) >= 11 is 0. The lowest BCUT2D eigenvalue weighted by molar-refractivity contribution is 0.0600. The molecule has 0 spiro atoms. The first kappa shape index (κ1) is 16.5. The molecule has 2 aromatic carbocycles. The van der Waals surface area contributed by atoms with Gasteiger partial charge in [-0.3, -0.25) is 0 Å². The van der Waals surface area contributed by atoms with Gasteiger partial charge in [0.15, 0.2) is 0 Å². The summed E-state index contributed by atoms with van der Waals surface area (Å²) in [6, 6.07) is 10.9. The van der Waals surface area contributed by atoms with Crippen LogP contribution < -0.4 is 4.74 Å². The molecule has 0 atom stereocenters. The summed E-state index contributed by atoms with van der Waals surface area (Å²) < 4.78 is 22.9. The summed E-state index contributed by atoms with van der Waals surface area (Å²) in [7, 11) is 2.83. The fourth-order valence-electron chi connectivity index (χ4n) is 1.89. The van der Waals surface area contributed by atoms with Crippen molar-refractivity contribution in [3.8, 4) is 5.75 Å². The van der Waals surface area contributed by atoms with E-state index in [1.165, 1.54) is 38.6 Å². The fourth-order valence-corrected chi connectivity index (χ4v) is 1.89. The monoisotopic (exact) mass is 317 g/mol. The van der Waals surface area contributed by atoms with E-state index in [-0.39, 0.29) is 12.4 Å². The molecule has 0 radical (unpaired) electrons. The Hall–Kier alpha value is -2.89. The third-order valence-electron chi connectivity index (χ3n) is 3.07. The van der Waals surface area contributed by atoms with Crippen LogP contribution in [0.25, 0.3) is 0 Å². The smallest absolute Gasteiger partial charge is 0.337 e. The topological polar surface area (TPSA) is 57.1 Å². The molecule has 0 fully saturated rings. The summed E-state index contributed by atoms with van der Waals surface area (Å²) in [5.74, 6) is -0.237. The molecule has 120 valence electrons. The highest BCUT2D eigenvalue weighted by atomic mass is 19.1. The van der Waals surface area contributed by atoms with Gasteiger partial charge in [-0.2, -0.15) is 0 Å². The Labute approximate surface area is 133 Å². The van der Waals surface area contributed by atoms with Gasteiger partial charge in [-0.15, -0.1) is 0 Å². The summed E-state index contributed by atoms with van der Waals surface area (Å²) in [4.78, 5) is 16.5. The zero-order chi connectivity index (χ0) is 16.7. The third-order valence-corrected chi connectivity index (χ3v) is 3.07. The average Bonchev–Trinajstić information content (AvgIpc) is 2.58. The molecule has 0 saturated carbocycles. The van der Waals surface area contributed by atoms with Crippen LogP contribution in [0.3, 0.4) is 0 Å². The van der Waals surface area contributed by atoms with Gasteiger partial charge in [0.2, 0.25) is 0 Å². The van der Waals surface area contributed by atoms with E-state index >= 15 is 0 Å². The number of hydrogen-bond acceptors (Lipinski definition) is 5. The SMILES string of the molecule is COC(=O)c1ccc(/C=N/OCc2cc(F)ccc2OC)cc1. The molecular weight excluding hydrogens is 301 g/mol. The van der Waals surface area contributed by atoms with Crippen LogP contribution in [0.2, 0.25) is 0 Å². The van der Waals surface area contributed by atoms with Crippen molar-refractivity contribution in [1.82, 2.24) is 0 Å². The molecule has 0 bridgehead atoms. The van der Waals surface area contributed by atoms with Crippen molar-refractivity contribution in [2.75, 3.05) is 14.2 Å². The van der Waals surface area contributed by atoms with Gasteiger partial charge < -0.3 is 14.3 Å². The van der Waals surface area contributed by atoms with Gasteiger partial charge in [0.1, 0.15) is 18.2 Å². The Morgan fingerprint density at radius 3 is 2.57 bits per heavy atom. The molecule has 0 N–H and O–H groups in total. The quantitative estimate of drug-likeness (QED) is 0.466. The minimum absolute atomic E-state index is 0.0810. The van der Waals surface area contributed by atoms with E-state index in [1.807, 2.05) is 0 Å². The molecule has 0 aliphatic carbocycles. The van der Waals surface area contributed by atoms with Crippen molar-refractivity contribution < 1.29 is 23.5 Å². The number of oxime groups is 1. The molecule has 0 amide bonds. The zero-order valence-corrected chi connectivity index (χ0v) is 12.8. The lowest BCUT2D eigenvalue weighted by atomic mass is 10.1. The largest absolute Gasteiger partial charge is 0.496 e. The molecule has 0 heterocycles. The molecule has 0 aliphatic rings. The van der Waals surface area contributed by atoms with E-state index in [1.54, 1.807) is 24.3 Å². The number of methoxy groups -OCH3 is 2. The molecule has 2 aromatic rings. The van der Waals surface area contributed by atoms with Crippen molar-refractivity contribution in [2.45, 2.75) is 6.61 Å². The Morgan fingerprint density at radius 1 is 1.17 bits per heavy atom. The van der Waals surface area contributed by atoms with Gasteiger partial charge in [-0.05, 0) is 35.9 Å². The highest BCUT2D eigenvalue weighted by Crippen LogP contribution is 2.20. The second kappa shape index (κ2) is 7.93. The highest BCUT2D eigenvalue weighted by Gasteiger charge is 2.05. The minimum Gasteiger partial charge on any atom is -0.496 e.